The molecule has 25 heavy (non-hydrogen) atoms. The summed E-state index contributed by atoms with van der Waals surface area (Å²) in [7, 11) is 4.10. The maximum Gasteiger partial charge on any atom is 0.221 e. The van der Waals surface area contributed by atoms with Crippen molar-refractivity contribution in [1.82, 2.24) is 19.7 Å². The lowest BCUT2D eigenvalue weighted by atomic mass is 10.00. The summed E-state index contributed by atoms with van der Waals surface area (Å²) >= 11 is 0. The first-order chi connectivity index (χ1) is 12.1. The number of nitrogens with zero attached hydrogens (tertiary/aromatic N) is 4. The molecule has 4 rings (SSSR count). The van der Waals surface area contributed by atoms with Crippen molar-refractivity contribution in [2.75, 3.05) is 20.2 Å². The molecule has 0 radical (unpaired) electrons. The number of fused-ring (bicyclic) bond motifs is 1. The van der Waals surface area contributed by atoms with E-state index in [1.165, 1.54) is 12.8 Å². The van der Waals surface area contributed by atoms with Crippen molar-refractivity contribution in [3.63, 3.8) is 0 Å². The zero-order chi connectivity index (χ0) is 17.4. The molecule has 130 valence electrons. The second-order valence-corrected chi connectivity index (χ2v) is 6.91. The van der Waals surface area contributed by atoms with Crippen molar-refractivity contribution in [3.05, 3.63) is 42.4 Å². The molecule has 1 fully saturated rings. The van der Waals surface area contributed by atoms with Gasteiger partial charge in [0.2, 0.25) is 5.88 Å². The molecule has 0 aliphatic carbocycles. The van der Waals surface area contributed by atoms with Crippen LogP contribution in [0.4, 0.5) is 0 Å². The van der Waals surface area contributed by atoms with Crippen molar-refractivity contribution >= 4 is 10.8 Å². The van der Waals surface area contributed by atoms with Crippen molar-refractivity contribution in [3.8, 4) is 17.0 Å². The van der Waals surface area contributed by atoms with Gasteiger partial charge < -0.3 is 9.64 Å². The number of aromatic nitrogens is 3. The molecule has 3 heterocycles. The van der Waals surface area contributed by atoms with Crippen LogP contribution in [-0.4, -0.2) is 45.9 Å². The van der Waals surface area contributed by atoms with Crippen LogP contribution < -0.4 is 4.74 Å². The third-order valence-corrected chi connectivity index (χ3v) is 5.14. The SMILES string of the molecule is Cc1nc(OCC2CCCN2C)c2ccccc2c1-c1cnn(C)c1. The predicted octanol–water partition coefficient (Wildman–Crippen LogP) is 3.42. The molecule has 0 bridgehead atoms. The lowest BCUT2D eigenvalue weighted by molar-refractivity contribution is 0.195. The van der Waals surface area contributed by atoms with Gasteiger partial charge in [0.1, 0.15) is 6.61 Å². The summed E-state index contributed by atoms with van der Waals surface area (Å²) in [6, 6.07) is 8.83. The minimum Gasteiger partial charge on any atom is -0.476 e. The number of hydrogen-bond acceptors (Lipinski definition) is 4. The number of pyridine rings is 1. The average Bonchev–Trinajstić information content (AvgIpc) is 3.21. The Kier molecular flexibility index (Phi) is 4.17. The summed E-state index contributed by atoms with van der Waals surface area (Å²) in [6.07, 6.45) is 6.37. The van der Waals surface area contributed by atoms with Crippen LogP contribution in [0.2, 0.25) is 0 Å². The molecule has 1 aromatic carbocycles. The predicted molar refractivity (Wildman–Crippen MR) is 99.8 cm³/mol. The number of likely N-dealkylation sites (N-methyl/N-ethyl adjacent to an activating group) is 1. The second kappa shape index (κ2) is 6.48. The van der Waals surface area contributed by atoms with E-state index >= 15 is 0 Å². The van der Waals surface area contributed by atoms with Crippen molar-refractivity contribution in [1.29, 1.82) is 0 Å². The highest BCUT2D eigenvalue weighted by molar-refractivity contribution is 5.99. The fourth-order valence-electron chi connectivity index (χ4n) is 3.74. The molecular formula is C20H24N4O. The van der Waals surface area contributed by atoms with Gasteiger partial charge in [-0.3, -0.25) is 4.68 Å². The topological polar surface area (TPSA) is 43.2 Å². The molecule has 1 saturated heterocycles. The van der Waals surface area contributed by atoms with E-state index in [1.54, 1.807) is 0 Å². The maximum absolute atomic E-state index is 6.18. The Morgan fingerprint density at radius 3 is 2.68 bits per heavy atom. The second-order valence-electron chi connectivity index (χ2n) is 6.91. The Morgan fingerprint density at radius 2 is 2.00 bits per heavy atom. The fourth-order valence-corrected chi connectivity index (χ4v) is 3.74. The molecule has 0 amide bonds. The number of rotatable bonds is 4. The summed E-state index contributed by atoms with van der Waals surface area (Å²) in [5.41, 5.74) is 3.20. The van der Waals surface area contributed by atoms with Gasteiger partial charge >= 0.3 is 0 Å². The smallest absolute Gasteiger partial charge is 0.221 e. The van der Waals surface area contributed by atoms with E-state index in [0.717, 1.165) is 40.0 Å². The highest BCUT2D eigenvalue weighted by Crippen LogP contribution is 2.35. The molecule has 2 aromatic heterocycles. The first-order valence-corrected chi connectivity index (χ1v) is 8.85. The van der Waals surface area contributed by atoms with Gasteiger partial charge in [0.15, 0.2) is 0 Å². The highest BCUT2D eigenvalue weighted by Gasteiger charge is 2.22. The number of aryl methyl sites for hydroxylation is 2. The van der Waals surface area contributed by atoms with E-state index < -0.39 is 0 Å². The van der Waals surface area contributed by atoms with Gasteiger partial charge in [-0.2, -0.15) is 5.10 Å². The van der Waals surface area contributed by atoms with Crippen molar-refractivity contribution in [2.24, 2.45) is 7.05 Å². The molecule has 0 spiro atoms. The summed E-state index contributed by atoms with van der Waals surface area (Å²) < 4.78 is 8.00. The Hall–Kier alpha value is -2.40. The maximum atomic E-state index is 6.18. The quantitative estimate of drug-likeness (QED) is 0.732. The van der Waals surface area contributed by atoms with Gasteiger partial charge in [0.25, 0.3) is 0 Å². The van der Waals surface area contributed by atoms with Crippen LogP contribution in [0.1, 0.15) is 18.5 Å². The minimum absolute atomic E-state index is 0.485. The third kappa shape index (κ3) is 3.00. The summed E-state index contributed by atoms with van der Waals surface area (Å²) in [5.74, 6) is 0.737. The van der Waals surface area contributed by atoms with Crippen molar-refractivity contribution < 1.29 is 4.74 Å². The molecule has 1 aliphatic heterocycles. The van der Waals surface area contributed by atoms with Gasteiger partial charge in [-0.15, -0.1) is 0 Å². The monoisotopic (exact) mass is 336 g/mol. The van der Waals surface area contributed by atoms with Crippen LogP contribution >= 0.6 is 0 Å². The average molecular weight is 336 g/mol. The van der Waals surface area contributed by atoms with Gasteiger partial charge in [0.05, 0.1) is 6.20 Å². The molecular weight excluding hydrogens is 312 g/mol. The van der Waals surface area contributed by atoms with Crippen LogP contribution in [0.15, 0.2) is 36.7 Å². The third-order valence-electron chi connectivity index (χ3n) is 5.14. The minimum atomic E-state index is 0.485. The van der Waals surface area contributed by atoms with Gasteiger partial charge in [-0.1, -0.05) is 18.2 Å². The molecule has 3 aromatic rings. The number of ether oxygens (including phenoxy) is 1. The Balaban J connectivity index is 1.74. The van der Waals surface area contributed by atoms with Gasteiger partial charge in [0, 0.05) is 41.5 Å². The Morgan fingerprint density at radius 1 is 1.20 bits per heavy atom. The standard InChI is InChI=1S/C20H24N4O/c1-14-19(15-11-21-24(3)12-15)17-8-4-5-9-18(17)20(22-14)25-13-16-7-6-10-23(16)2/h4-5,8-9,11-12,16H,6-7,10,13H2,1-3H3. The van der Waals surface area contributed by atoms with Gasteiger partial charge in [-0.05, 0) is 44.8 Å². The lowest BCUT2D eigenvalue weighted by Gasteiger charge is -2.20. The van der Waals surface area contributed by atoms with Crippen LogP contribution in [-0.2, 0) is 7.05 Å². The van der Waals surface area contributed by atoms with Crippen molar-refractivity contribution in [2.45, 2.75) is 25.8 Å². The number of hydrogen-bond donors (Lipinski definition) is 0. The normalized spacial score (nSPS) is 18.1. The molecule has 1 atom stereocenters. The zero-order valence-electron chi connectivity index (χ0n) is 15.1. The zero-order valence-corrected chi connectivity index (χ0v) is 15.1. The molecule has 0 saturated carbocycles. The largest absolute Gasteiger partial charge is 0.476 e. The van der Waals surface area contributed by atoms with E-state index in [2.05, 4.69) is 35.2 Å². The summed E-state index contributed by atoms with van der Waals surface area (Å²) in [4.78, 5) is 7.17. The molecule has 5 heteroatoms. The van der Waals surface area contributed by atoms with E-state index in [-0.39, 0.29) is 0 Å². The highest BCUT2D eigenvalue weighted by atomic mass is 16.5. The van der Waals surface area contributed by atoms with Crippen LogP contribution in [0, 0.1) is 6.92 Å². The van der Waals surface area contributed by atoms with E-state index in [4.69, 9.17) is 9.72 Å². The van der Waals surface area contributed by atoms with E-state index in [9.17, 15) is 0 Å². The number of benzene rings is 1. The molecule has 5 nitrogen and oxygen atoms in total. The first-order valence-electron chi connectivity index (χ1n) is 8.85. The lowest BCUT2D eigenvalue weighted by Crippen LogP contribution is -2.30. The fraction of sp³-hybridized carbons (Fsp3) is 0.400. The number of likely N-dealkylation sites (tertiary alicyclic amines) is 1. The van der Waals surface area contributed by atoms with Gasteiger partial charge in [-0.25, -0.2) is 4.98 Å². The molecule has 1 aliphatic rings. The van der Waals surface area contributed by atoms with Crippen LogP contribution in [0.5, 0.6) is 5.88 Å². The van der Waals surface area contributed by atoms with Crippen LogP contribution in [0.25, 0.3) is 21.9 Å². The molecule has 1 unspecified atom stereocenters. The van der Waals surface area contributed by atoms with Crippen LogP contribution in [0.3, 0.4) is 0 Å². The first kappa shape index (κ1) is 16.1. The summed E-state index contributed by atoms with van der Waals surface area (Å²) in [6.45, 7) is 3.89. The molecule has 0 N–H and O–H groups in total. The summed E-state index contributed by atoms with van der Waals surface area (Å²) in [5, 5.41) is 6.54. The Bertz CT molecular complexity index is 902. The van der Waals surface area contributed by atoms with E-state index in [0.29, 0.717) is 12.6 Å². The van der Waals surface area contributed by atoms with E-state index in [1.807, 2.05) is 37.1 Å². The Labute approximate surface area is 148 Å².